The van der Waals surface area contributed by atoms with Gasteiger partial charge < -0.3 is 5.32 Å². The van der Waals surface area contributed by atoms with Crippen LogP contribution in [0.3, 0.4) is 0 Å². The summed E-state index contributed by atoms with van der Waals surface area (Å²) < 4.78 is 1.77. The van der Waals surface area contributed by atoms with Crippen LogP contribution in [0.15, 0.2) is 44.7 Å². The summed E-state index contributed by atoms with van der Waals surface area (Å²) in [5.74, 6) is -0.0535. The maximum Gasteiger partial charge on any atom is 0.251 e. The summed E-state index contributed by atoms with van der Waals surface area (Å²) in [5.41, 5.74) is 0.649. The molecule has 1 N–H and O–H groups in total. The fraction of sp³-hybridized carbons (Fsp3) is 0.214. The first-order chi connectivity index (χ1) is 9.10. The van der Waals surface area contributed by atoms with E-state index in [4.69, 9.17) is 0 Å². The average Bonchev–Trinajstić information content (AvgIpc) is 2.88. The summed E-state index contributed by atoms with van der Waals surface area (Å²) in [6.07, 6.45) is 0.876. The molecule has 2 aromatic rings. The molecular weight excluding hydrogens is 390 g/mol. The van der Waals surface area contributed by atoms with Crippen molar-refractivity contribution in [2.75, 3.05) is 0 Å². The molecule has 0 aliphatic carbocycles. The molecule has 1 amide bonds. The number of carbonyl (C=O) groups is 1. The Hall–Kier alpha value is -0.650. The topological polar surface area (TPSA) is 29.1 Å². The largest absolute Gasteiger partial charge is 0.344 e. The zero-order valence-electron chi connectivity index (χ0n) is 10.3. The number of carbonyl (C=O) groups excluding carboxylic acids is 1. The first-order valence-corrected chi connectivity index (χ1v) is 8.37. The van der Waals surface area contributed by atoms with Gasteiger partial charge in [-0.25, -0.2) is 0 Å². The Kier molecular flexibility index (Phi) is 5.19. The Balaban J connectivity index is 2.15. The van der Waals surface area contributed by atoms with Crippen molar-refractivity contribution in [2.45, 2.75) is 19.4 Å². The van der Waals surface area contributed by atoms with Crippen LogP contribution in [0.5, 0.6) is 0 Å². The Morgan fingerprint density at radius 3 is 2.53 bits per heavy atom. The highest BCUT2D eigenvalue weighted by Crippen LogP contribution is 2.24. The van der Waals surface area contributed by atoms with E-state index in [1.54, 1.807) is 11.3 Å². The summed E-state index contributed by atoms with van der Waals surface area (Å²) >= 11 is 8.46. The van der Waals surface area contributed by atoms with Gasteiger partial charge in [-0.1, -0.05) is 44.8 Å². The van der Waals surface area contributed by atoms with Gasteiger partial charge in [0.05, 0.1) is 6.04 Å². The highest BCUT2D eigenvalue weighted by atomic mass is 79.9. The first-order valence-electron chi connectivity index (χ1n) is 5.90. The van der Waals surface area contributed by atoms with Crippen LogP contribution in [0.25, 0.3) is 0 Å². The van der Waals surface area contributed by atoms with Crippen molar-refractivity contribution in [2.24, 2.45) is 0 Å². The third-order valence-corrected chi connectivity index (χ3v) is 4.63. The van der Waals surface area contributed by atoms with Crippen LogP contribution in [-0.4, -0.2) is 5.91 Å². The van der Waals surface area contributed by atoms with E-state index in [1.165, 1.54) is 4.88 Å². The number of hydrogen-bond acceptors (Lipinski definition) is 2. The number of halogens is 2. The minimum atomic E-state index is -0.0535. The predicted octanol–water partition coefficient (Wildman–Crippen LogP) is 5.15. The zero-order chi connectivity index (χ0) is 13.8. The molecule has 100 valence electrons. The van der Waals surface area contributed by atoms with Gasteiger partial charge in [0.15, 0.2) is 0 Å². The van der Waals surface area contributed by atoms with E-state index in [-0.39, 0.29) is 11.9 Å². The maximum absolute atomic E-state index is 12.3. The third-order valence-electron chi connectivity index (χ3n) is 2.72. The molecule has 1 aromatic heterocycles. The standard InChI is InChI=1S/C14H13Br2NOS/c1-2-12(13-4-3-5-19-13)17-14(18)9-6-10(15)8-11(16)7-9/h3-8,12H,2H2,1H3,(H,17,18). The number of rotatable bonds is 4. The van der Waals surface area contributed by atoms with Crippen molar-refractivity contribution in [1.82, 2.24) is 5.32 Å². The number of hydrogen-bond donors (Lipinski definition) is 1. The molecule has 0 fully saturated rings. The Labute approximate surface area is 133 Å². The van der Waals surface area contributed by atoms with E-state index < -0.39 is 0 Å². The highest BCUT2D eigenvalue weighted by molar-refractivity contribution is 9.11. The molecule has 0 saturated carbocycles. The van der Waals surface area contributed by atoms with Gasteiger partial charge in [-0.3, -0.25) is 4.79 Å². The molecule has 1 heterocycles. The SMILES string of the molecule is CCC(NC(=O)c1cc(Br)cc(Br)c1)c1cccs1. The molecule has 0 aliphatic rings. The van der Waals surface area contributed by atoms with Gasteiger partial charge in [-0.05, 0) is 36.1 Å². The van der Waals surface area contributed by atoms with Crippen LogP contribution in [0, 0.1) is 0 Å². The molecule has 0 saturated heterocycles. The van der Waals surface area contributed by atoms with Crippen LogP contribution in [-0.2, 0) is 0 Å². The number of nitrogens with one attached hydrogen (secondary N) is 1. The van der Waals surface area contributed by atoms with Crippen LogP contribution >= 0.6 is 43.2 Å². The average molecular weight is 403 g/mol. The molecular formula is C14H13Br2NOS. The molecule has 2 rings (SSSR count). The van der Waals surface area contributed by atoms with Gasteiger partial charge >= 0.3 is 0 Å². The van der Waals surface area contributed by atoms with Gasteiger partial charge in [0.2, 0.25) is 0 Å². The van der Waals surface area contributed by atoms with Crippen LogP contribution in [0.2, 0.25) is 0 Å². The van der Waals surface area contributed by atoms with Crippen molar-refractivity contribution < 1.29 is 4.79 Å². The van der Waals surface area contributed by atoms with E-state index in [0.29, 0.717) is 5.56 Å². The van der Waals surface area contributed by atoms with Gasteiger partial charge in [0.25, 0.3) is 5.91 Å². The Bertz CT molecular complexity index is 549. The van der Waals surface area contributed by atoms with E-state index in [9.17, 15) is 4.79 Å². The first kappa shape index (κ1) is 14.8. The maximum atomic E-state index is 12.3. The molecule has 0 radical (unpaired) electrons. The van der Waals surface area contributed by atoms with Gasteiger partial charge in [0, 0.05) is 19.4 Å². The molecule has 1 aromatic carbocycles. The Morgan fingerprint density at radius 2 is 2.00 bits per heavy atom. The summed E-state index contributed by atoms with van der Waals surface area (Å²) in [4.78, 5) is 13.5. The Morgan fingerprint density at radius 1 is 1.32 bits per heavy atom. The lowest BCUT2D eigenvalue weighted by Crippen LogP contribution is -2.27. The highest BCUT2D eigenvalue weighted by Gasteiger charge is 2.15. The van der Waals surface area contributed by atoms with Gasteiger partial charge in [-0.15, -0.1) is 11.3 Å². The van der Waals surface area contributed by atoms with E-state index in [2.05, 4.69) is 50.2 Å². The fourth-order valence-corrected chi connectivity index (χ4v) is 3.95. The smallest absolute Gasteiger partial charge is 0.251 e. The number of benzene rings is 1. The number of amides is 1. The van der Waals surface area contributed by atoms with E-state index in [0.717, 1.165) is 15.4 Å². The van der Waals surface area contributed by atoms with Crippen LogP contribution in [0.4, 0.5) is 0 Å². The number of thiophene rings is 1. The fourth-order valence-electron chi connectivity index (χ4n) is 1.79. The summed E-state index contributed by atoms with van der Waals surface area (Å²) in [5, 5.41) is 5.10. The molecule has 0 spiro atoms. The second-order valence-corrected chi connectivity index (χ2v) is 6.92. The third kappa shape index (κ3) is 3.91. The zero-order valence-corrected chi connectivity index (χ0v) is 14.3. The van der Waals surface area contributed by atoms with Crippen molar-refractivity contribution >= 4 is 49.1 Å². The van der Waals surface area contributed by atoms with E-state index >= 15 is 0 Å². The summed E-state index contributed by atoms with van der Waals surface area (Å²) in [6.45, 7) is 2.07. The van der Waals surface area contributed by atoms with Crippen molar-refractivity contribution in [3.63, 3.8) is 0 Å². The van der Waals surface area contributed by atoms with Crippen molar-refractivity contribution in [1.29, 1.82) is 0 Å². The second-order valence-electron chi connectivity index (χ2n) is 4.11. The molecule has 1 atom stereocenters. The molecule has 1 unspecified atom stereocenters. The van der Waals surface area contributed by atoms with E-state index in [1.807, 2.05) is 29.6 Å². The summed E-state index contributed by atoms with van der Waals surface area (Å²) in [7, 11) is 0. The minimum absolute atomic E-state index is 0.0535. The monoisotopic (exact) mass is 401 g/mol. The second kappa shape index (κ2) is 6.68. The van der Waals surface area contributed by atoms with Crippen molar-refractivity contribution in [3.8, 4) is 0 Å². The van der Waals surface area contributed by atoms with Gasteiger partial charge in [-0.2, -0.15) is 0 Å². The lowest BCUT2D eigenvalue weighted by atomic mass is 10.1. The van der Waals surface area contributed by atoms with Crippen molar-refractivity contribution in [3.05, 3.63) is 55.1 Å². The predicted molar refractivity (Wildman–Crippen MR) is 86.7 cm³/mol. The van der Waals surface area contributed by atoms with Crippen LogP contribution < -0.4 is 5.32 Å². The van der Waals surface area contributed by atoms with Gasteiger partial charge in [0.1, 0.15) is 0 Å². The molecule has 2 nitrogen and oxygen atoms in total. The molecule has 5 heteroatoms. The molecule has 0 aliphatic heterocycles. The molecule has 19 heavy (non-hydrogen) atoms. The minimum Gasteiger partial charge on any atom is -0.344 e. The lowest BCUT2D eigenvalue weighted by molar-refractivity contribution is 0.0936. The lowest BCUT2D eigenvalue weighted by Gasteiger charge is -2.15. The normalized spacial score (nSPS) is 12.2. The molecule has 0 bridgehead atoms. The quantitative estimate of drug-likeness (QED) is 0.752. The van der Waals surface area contributed by atoms with Crippen LogP contribution in [0.1, 0.15) is 34.6 Å². The summed E-state index contributed by atoms with van der Waals surface area (Å²) in [6, 6.07) is 9.68.